The number of nitrogens with one attached hydrogen (secondary N) is 1. The van der Waals surface area contributed by atoms with Gasteiger partial charge in [-0.1, -0.05) is 78.4 Å². The van der Waals surface area contributed by atoms with E-state index in [9.17, 15) is 0 Å². The van der Waals surface area contributed by atoms with Gasteiger partial charge in [0, 0.05) is 16.7 Å². The molecule has 0 aliphatic carbocycles. The lowest BCUT2D eigenvalue weighted by atomic mass is 9.99. The van der Waals surface area contributed by atoms with E-state index >= 15 is 0 Å². The summed E-state index contributed by atoms with van der Waals surface area (Å²) in [5.74, 6) is 2.15. The third kappa shape index (κ3) is 4.82. The van der Waals surface area contributed by atoms with Crippen molar-refractivity contribution < 1.29 is 9.47 Å². The summed E-state index contributed by atoms with van der Waals surface area (Å²) in [7, 11) is 1.66. The number of hydrogen-bond acceptors (Lipinski definition) is 3. The number of hydrogen-bond donors (Lipinski definition) is 1. The number of ether oxygens (including phenoxy) is 2. The molecular weight excluding hydrogens is 432 g/mol. The molecule has 0 saturated heterocycles. The molecule has 0 fully saturated rings. The fraction of sp³-hybridized carbons (Fsp3) is 0.129. The average Bonchev–Trinajstić information content (AvgIpc) is 3.35. The molecule has 1 aromatic heterocycles. The zero-order valence-corrected chi connectivity index (χ0v) is 20.2. The molecule has 0 unspecified atom stereocenters. The van der Waals surface area contributed by atoms with Crippen molar-refractivity contribution in [3.05, 3.63) is 114 Å². The third-order valence-electron chi connectivity index (χ3n) is 6.09. The maximum absolute atomic E-state index is 6.05. The molecule has 4 nitrogen and oxygen atoms in total. The van der Waals surface area contributed by atoms with Crippen LogP contribution in [0.2, 0.25) is 0 Å². The summed E-state index contributed by atoms with van der Waals surface area (Å²) < 4.78 is 11.7. The van der Waals surface area contributed by atoms with Crippen LogP contribution >= 0.6 is 0 Å². The predicted molar refractivity (Wildman–Crippen MR) is 142 cm³/mol. The second-order valence-corrected chi connectivity index (χ2v) is 8.63. The standard InChI is InChI=1S/C31H28N2O2/c1-21-14-15-22(2)26(18-21)30-29(24-12-8-5-9-13-24)32-31(33-30)25-16-17-27(28(19-25)34-3)35-20-23-10-6-4-7-11-23/h4-19H,20H2,1-3H3,(H,32,33). The minimum atomic E-state index is 0.478. The summed E-state index contributed by atoms with van der Waals surface area (Å²) in [6.45, 7) is 4.72. The summed E-state index contributed by atoms with van der Waals surface area (Å²) >= 11 is 0. The lowest BCUT2D eigenvalue weighted by Crippen LogP contribution is -1.98. The van der Waals surface area contributed by atoms with Crippen LogP contribution in [0.25, 0.3) is 33.9 Å². The highest BCUT2D eigenvalue weighted by atomic mass is 16.5. The maximum Gasteiger partial charge on any atom is 0.161 e. The Morgan fingerprint density at radius 3 is 2.23 bits per heavy atom. The quantitative estimate of drug-likeness (QED) is 0.272. The minimum absolute atomic E-state index is 0.478. The van der Waals surface area contributed by atoms with Crippen LogP contribution in [0.1, 0.15) is 16.7 Å². The summed E-state index contributed by atoms with van der Waals surface area (Å²) in [5.41, 5.74) is 8.61. The van der Waals surface area contributed by atoms with E-state index in [4.69, 9.17) is 14.5 Å². The summed E-state index contributed by atoms with van der Waals surface area (Å²) in [5, 5.41) is 0. The summed E-state index contributed by atoms with van der Waals surface area (Å²) in [6.07, 6.45) is 0. The van der Waals surface area contributed by atoms with Crippen molar-refractivity contribution in [3.63, 3.8) is 0 Å². The minimum Gasteiger partial charge on any atom is -0.493 e. The number of aromatic nitrogens is 2. The van der Waals surface area contributed by atoms with E-state index in [0.717, 1.165) is 39.5 Å². The van der Waals surface area contributed by atoms with E-state index < -0.39 is 0 Å². The Bertz CT molecular complexity index is 1440. The topological polar surface area (TPSA) is 47.1 Å². The smallest absolute Gasteiger partial charge is 0.161 e. The Hall–Kier alpha value is -4.31. The number of benzene rings is 4. The molecule has 0 bridgehead atoms. The van der Waals surface area contributed by atoms with Crippen molar-refractivity contribution in [2.75, 3.05) is 7.11 Å². The van der Waals surface area contributed by atoms with E-state index in [-0.39, 0.29) is 0 Å². The first-order chi connectivity index (χ1) is 17.1. The Labute approximate surface area is 206 Å². The monoisotopic (exact) mass is 460 g/mol. The molecule has 5 rings (SSSR count). The van der Waals surface area contributed by atoms with Crippen molar-refractivity contribution in [2.45, 2.75) is 20.5 Å². The molecule has 0 atom stereocenters. The molecule has 5 aromatic rings. The van der Waals surface area contributed by atoms with Crippen LogP contribution in [-0.4, -0.2) is 17.1 Å². The van der Waals surface area contributed by atoms with Gasteiger partial charge in [0.15, 0.2) is 11.5 Å². The Morgan fingerprint density at radius 1 is 0.743 bits per heavy atom. The Kier molecular flexibility index (Phi) is 6.36. The van der Waals surface area contributed by atoms with Gasteiger partial charge < -0.3 is 14.5 Å². The number of imidazole rings is 1. The summed E-state index contributed by atoms with van der Waals surface area (Å²) in [4.78, 5) is 8.65. The van der Waals surface area contributed by atoms with Crippen molar-refractivity contribution in [1.82, 2.24) is 9.97 Å². The molecule has 0 aliphatic heterocycles. The Balaban J connectivity index is 1.54. The zero-order valence-electron chi connectivity index (χ0n) is 20.2. The normalized spacial score (nSPS) is 10.8. The van der Waals surface area contributed by atoms with Gasteiger partial charge in [-0.05, 0) is 49.2 Å². The average molecular weight is 461 g/mol. The van der Waals surface area contributed by atoms with Gasteiger partial charge in [-0.3, -0.25) is 0 Å². The van der Waals surface area contributed by atoms with Crippen LogP contribution in [-0.2, 0) is 6.61 Å². The van der Waals surface area contributed by atoms with Gasteiger partial charge in [0.05, 0.1) is 18.5 Å². The van der Waals surface area contributed by atoms with E-state index in [1.807, 2.05) is 66.7 Å². The number of aryl methyl sites for hydroxylation is 2. The van der Waals surface area contributed by atoms with E-state index in [2.05, 4.69) is 49.2 Å². The van der Waals surface area contributed by atoms with Gasteiger partial charge in [-0.25, -0.2) is 4.98 Å². The van der Waals surface area contributed by atoms with Crippen LogP contribution < -0.4 is 9.47 Å². The highest BCUT2D eigenvalue weighted by molar-refractivity contribution is 5.83. The SMILES string of the molecule is COc1cc(-c2nc(-c3ccccc3)c(-c3cc(C)ccc3C)[nH]2)ccc1OCc1ccccc1. The van der Waals surface area contributed by atoms with Gasteiger partial charge in [-0.2, -0.15) is 0 Å². The largest absolute Gasteiger partial charge is 0.493 e. The van der Waals surface area contributed by atoms with Gasteiger partial charge in [0.1, 0.15) is 12.4 Å². The van der Waals surface area contributed by atoms with Crippen LogP contribution in [0.4, 0.5) is 0 Å². The van der Waals surface area contributed by atoms with E-state index in [0.29, 0.717) is 18.1 Å². The predicted octanol–water partition coefficient (Wildman–Crippen LogP) is 7.62. The molecule has 0 spiro atoms. The molecule has 1 N–H and O–H groups in total. The molecule has 1 heterocycles. The molecule has 35 heavy (non-hydrogen) atoms. The zero-order chi connectivity index (χ0) is 24.2. The molecular formula is C31H28N2O2. The maximum atomic E-state index is 6.05. The van der Waals surface area contributed by atoms with Crippen molar-refractivity contribution in [2.24, 2.45) is 0 Å². The first-order valence-electron chi connectivity index (χ1n) is 11.7. The molecule has 0 radical (unpaired) electrons. The van der Waals surface area contributed by atoms with Gasteiger partial charge in [-0.15, -0.1) is 0 Å². The van der Waals surface area contributed by atoms with Gasteiger partial charge in [0.25, 0.3) is 0 Å². The molecule has 4 aromatic carbocycles. The van der Waals surface area contributed by atoms with Crippen LogP contribution in [0, 0.1) is 13.8 Å². The van der Waals surface area contributed by atoms with Crippen molar-refractivity contribution >= 4 is 0 Å². The Morgan fingerprint density at radius 2 is 1.49 bits per heavy atom. The molecule has 4 heteroatoms. The third-order valence-corrected chi connectivity index (χ3v) is 6.09. The van der Waals surface area contributed by atoms with E-state index in [1.54, 1.807) is 7.11 Å². The van der Waals surface area contributed by atoms with Crippen LogP contribution in [0.3, 0.4) is 0 Å². The van der Waals surface area contributed by atoms with Gasteiger partial charge in [0.2, 0.25) is 0 Å². The number of rotatable bonds is 7. The van der Waals surface area contributed by atoms with Gasteiger partial charge >= 0.3 is 0 Å². The highest BCUT2D eigenvalue weighted by Crippen LogP contribution is 2.37. The fourth-order valence-electron chi connectivity index (χ4n) is 4.18. The number of aromatic amines is 1. The number of methoxy groups -OCH3 is 1. The number of nitrogens with zero attached hydrogens (tertiary/aromatic N) is 1. The molecule has 0 amide bonds. The number of H-pyrrole nitrogens is 1. The van der Waals surface area contributed by atoms with Crippen molar-refractivity contribution in [1.29, 1.82) is 0 Å². The molecule has 174 valence electrons. The lowest BCUT2D eigenvalue weighted by Gasteiger charge is -2.12. The van der Waals surface area contributed by atoms with Crippen LogP contribution in [0.5, 0.6) is 11.5 Å². The van der Waals surface area contributed by atoms with Crippen LogP contribution in [0.15, 0.2) is 97.1 Å². The molecule has 0 aliphatic rings. The fourth-order valence-corrected chi connectivity index (χ4v) is 4.18. The second-order valence-electron chi connectivity index (χ2n) is 8.63. The first kappa shape index (κ1) is 22.5. The first-order valence-corrected chi connectivity index (χ1v) is 11.7. The highest BCUT2D eigenvalue weighted by Gasteiger charge is 2.18. The van der Waals surface area contributed by atoms with Crippen molar-refractivity contribution in [3.8, 4) is 45.4 Å². The van der Waals surface area contributed by atoms with E-state index in [1.165, 1.54) is 11.1 Å². The molecule has 0 saturated carbocycles. The summed E-state index contributed by atoms with van der Waals surface area (Å²) in [6, 6.07) is 32.8. The second kappa shape index (κ2) is 9.90. The lowest BCUT2D eigenvalue weighted by molar-refractivity contribution is 0.284.